The molecule has 4 nitrogen and oxygen atoms in total. The Bertz CT molecular complexity index is 1350. The largest absolute Gasteiger partial charge is 0.462 e. The van der Waals surface area contributed by atoms with Crippen molar-refractivity contribution >= 4 is 29.2 Å². The Balaban J connectivity index is 1.34. The summed E-state index contributed by atoms with van der Waals surface area (Å²) >= 11 is 0. The molecule has 1 aliphatic carbocycles. The minimum absolute atomic E-state index is 0.209. The molecule has 1 N–H and O–H groups in total. The zero-order chi connectivity index (χ0) is 23.5. The van der Waals surface area contributed by atoms with E-state index < -0.39 is 0 Å². The van der Waals surface area contributed by atoms with Crippen molar-refractivity contribution in [2.75, 3.05) is 11.9 Å². The zero-order valence-electron chi connectivity index (χ0n) is 18.7. The van der Waals surface area contributed by atoms with Crippen molar-refractivity contribution < 1.29 is 14.3 Å². The fourth-order valence-corrected chi connectivity index (χ4v) is 4.21. The molecule has 1 amide bonds. The number of anilines is 1. The van der Waals surface area contributed by atoms with E-state index in [9.17, 15) is 9.59 Å². The van der Waals surface area contributed by atoms with E-state index in [1.807, 2.05) is 24.3 Å². The van der Waals surface area contributed by atoms with E-state index in [1.165, 1.54) is 27.8 Å². The first-order chi connectivity index (χ1) is 16.6. The molecular weight excluding hydrogens is 422 g/mol. The predicted octanol–water partition coefficient (Wildman–Crippen LogP) is 6.68. The van der Waals surface area contributed by atoms with Gasteiger partial charge in [-0.3, -0.25) is 4.79 Å². The average Bonchev–Trinajstić information content (AvgIpc) is 3.19. The second-order valence-electron chi connectivity index (χ2n) is 8.02. The summed E-state index contributed by atoms with van der Waals surface area (Å²) in [6, 6.07) is 31.1. The maximum Gasteiger partial charge on any atom is 0.338 e. The van der Waals surface area contributed by atoms with Crippen LogP contribution in [0.1, 0.15) is 44.3 Å². The van der Waals surface area contributed by atoms with E-state index in [4.69, 9.17) is 4.74 Å². The van der Waals surface area contributed by atoms with E-state index in [-0.39, 0.29) is 11.9 Å². The van der Waals surface area contributed by atoms with Crippen LogP contribution in [0.25, 0.3) is 22.8 Å². The first kappa shape index (κ1) is 21.4. The quantitative estimate of drug-likeness (QED) is 0.307. The lowest BCUT2D eigenvalue weighted by Crippen LogP contribution is -2.12. The van der Waals surface area contributed by atoms with Gasteiger partial charge in [0, 0.05) is 11.3 Å². The number of hydrogen-bond acceptors (Lipinski definition) is 3. The third-order valence-electron chi connectivity index (χ3n) is 5.86. The summed E-state index contributed by atoms with van der Waals surface area (Å²) in [6.07, 6.45) is 2.17. The summed E-state index contributed by atoms with van der Waals surface area (Å²) in [4.78, 5) is 24.5. The molecule has 0 atom stereocenters. The first-order valence-electron chi connectivity index (χ1n) is 11.2. The smallest absolute Gasteiger partial charge is 0.338 e. The van der Waals surface area contributed by atoms with Crippen LogP contribution < -0.4 is 5.32 Å². The van der Waals surface area contributed by atoms with E-state index >= 15 is 0 Å². The molecule has 0 spiro atoms. The lowest BCUT2D eigenvalue weighted by Gasteiger charge is -2.07. The summed E-state index contributed by atoms with van der Waals surface area (Å²) in [6.45, 7) is 2.09. The number of carbonyl (C=O) groups excluding carboxylic acids is 2. The zero-order valence-corrected chi connectivity index (χ0v) is 18.7. The number of hydrogen-bond donors (Lipinski definition) is 1. The molecule has 0 unspecified atom stereocenters. The molecule has 0 aromatic heterocycles. The van der Waals surface area contributed by atoms with Crippen molar-refractivity contribution in [1.82, 2.24) is 0 Å². The molecule has 0 fully saturated rings. The molecule has 0 radical (unpaired) electrons. The van der Waals surface area contributed by atoms with E-state index in [2.05, 4.69) is 59.9 Å². The van der Waals surface area contributed by atoms with E-state index in [0.29, 0.717) is 23.4 Å². The lowest BCUT2D eigenvalue weighted by molar-refractivity contribution is 0.0526. The molecule has 5 rings (SSSR count). The summed E-state index contributed by atoms with van der Waals surface area (Å²) < 4.78 is 4.98. The highest BCUT2D eigenvalue weighted by atomic mass is 16.5. The van der Waals surface area contributed by atoms with Crippen molar-refractivity contribution in [3.63, 3.8) is 0 Å². The number of fused-ring (bicyclic) bond motifs is 3. The number of carbonyl (C=O) groups is 2. The van der Waals surface area contributed by atoms with Crippen molar-refractivity contribution in [2.24, 2.45) is 0 Å². The highest BCUT2D eigenvalue weighted by Crippen LogP contribution is 2.44. The number of esters is 1. The molecule has 166 valence electrons. The molecule has 4 aromatic carbocycles. The second-order valence-corrected chi connectivity index (χ2v) is 8.02. The van der Waals surface area contributed by atoms with Gasteiger partial charge >= 0.3 is 5.97 Å². The van der Waals surface area contributed by atoms with Crippen LogP contribution in [0.2, 0.25) is 0 Å². The van der Waals surface area contributed by atoms with Crippen molar-refractivity contribution in [1.29, 1.82) is 0 Å². The van der Waals surface area contributed by atoms with Gasteiger partial charge in [-0.15, -0.1) is 0 Å². The molecule has 4 heteroatoms. The van der Waals surface area contributed by atoms with Gasteiger partial charge in [0.1, 0.15) is 0 Å². The monoisotopic (exact) mass is 445 g/mol. The Kier molecular flexibility index (Phi) is 5.79. The highest BCUT2D eigenvalue weighted by molar-refractivity contribution is 6.07. The Morgan fingerprint density at radius 1 is 0.706 bits per heavy atom. The Hall–Kier alpha value is -4.44. The number of benzene rings is 4. The van der Waals surface area contributed by atoms with Gasteiger partial charge in [0.15, 0.2) is 0 Å². The minimum Gasteiger partial charge on any atom is -0.462 e. The fourth-order valence-electron chi connectivity index (χ4n) is 4.21. The highest BCUT2D eigenvalue weighted by Gasteiger charge is 2.22. The number of nitrogens with one attached hydrogen (secondary N) is 1. The van der Waals surface area contributed by atoms with Crippen LogP contribution in [0.15, 0.2) is 97.1 Å². The molecule has 0 bridgehead atoms. The van der Waals surface area contributed by atoms with Crippen LogP contribution >= 0.6 is 0 Å². The molecule has 34 heavy (non-hydrogen) atoms. The number of amides is 1. The Labute approximate surface area is 198 Å². The number of ether oxygens (including phenoxy) is 1. The van der Waals surface area contributed by atoms with Gasteiger partial charge in [0.2, 0.25) is 0 Å². The lowest BCUT2D eigenvalue weighted by atomic mass is 10.0. The van der Waals surface area contributed by atoms with Crippen LogP contribution in [0.4, 0.5) is 5.69 Å². The van der Waals surface area contributed by atoms with Gasteiger partial charge in [0.25, 0.3) is 5.91 Å². The maximum atomic E-state index is 12.7. The molecule has 0 aliphatic heterocycles. The van der Waals surface area contributed by atoms with Crippen molar-refractivity contribution in [3.8, 4) is 11.1 Å². The van der Waals surface area contributed by atoms with Gasteiger partial charge in [0.05, 0.1) is 12.2 Å². The van der Waals surface area contributed by atoms with Crippen molar-refractivity contribution in [3.05, 3.63) is 125 Å². The van der Waals surface area contributed by atoms with Gasteiger partial charge in [-0.25, -0.2) is 4.79 Å². The molecule has 0 heterocycles. The van der Waals surface area contributed by atoms with Gasteiger partial charge < -0.3 is 10.1 Å². The first-order valence-corrected chi connectivity index (χ1v) is 11.2. The Morgan fingerprint density at radius 2 is 1.24 bits per heavy atom. The summed E-state index contributed by atoms with van der Waals surface area (Å²) in [5, 5.41) is 2.87. The molecule has 4 aromatic rings. The normalized spacial score (nSPS) is 11.4. The van der Waals surface area contributed by atoms with Crippen LogP contribution in [-0.4, -0.2) is 18.5 Å². The van der Waals surface area contributed by atoms with Crippen LogP contribution in [0, 0.1) is 0 Å². The molecule has 1 aliphatic rings. The van der Waals surface area contributed by atoms with E-state index in [1.54, 1.807) is 31.2 Å². The van der Waals surface area contributed by atoms with Crippen LogP contribution in [-0.2, 0) is 4.74 Å². The van der Waals surface area contributed by atoms with Gasteiger partial charge in [-0.2, -0.15) is 0 Å². The average molecular weight is 446 g/mol. The van der Waals surface area contributed by atoms with E-state index in [0.717, 1.165) is 5.56 Å². The van der Waals surface area contributed by atoms with Crippen molar-refractivity contribution in [2.45, 2.75) is 6.92 Å². The van der Waals surface area contributed by atoms with Gasteiger partial charge in [-0.1, -0.05) is 60.7 Å². The van der Waals surface area contributed by atoms with Crippen LogP contribution in [0.5, 0.6) is 0 Å². The fraction of sp³-hybridized carbons (Fsp3) is 0.0667. The third-order valence-corrected chi connectivity index (χ3v) is 5.86. The van der Waals surface area contributed by atoms with Gasteiger partial charge in [-0.05, 0) is 82.8 Å². The second kappa shape index (κ2) is 9.20. The maximum absolute atomic E-state index is 12.7. The Morgan fingerprint density at radius 3 is 1.79 bits per heavy atom. The third kappa shape index (κ3) is 4.14. The molecule has 0 saturated heterocycles. The number of rotatable bonds is 5. The SMILES string of the molecule is CCOC(=O)c1ccc(NC(=O)c2ccc(C=C3c4ccccc4-c4ccccc43)cc2)cc1. The molecular formula is C30H23NO3. The minimum atomic E-state index is -0.377. The summed E-state index contributed by atoms with van der Waals surface area (Å²) in [5.41, 5.74) is 8.76. The van der Waals surface area contributed by atoms with Crippen LogP contribution in [0.3, 0.4) is 0 Å². The summed E-state index contributed by atoms with van der Waals surface area (Å²) in [7, 11) is 0. The molecule has 0 saturated carbocycles. The summed E-state index contributed by atoms with van der Waals surface area (Å²) in [5.74, 6) is -0.586. The topological polar surface area (TPSA) is 55.4 Å². The standard InChI is InChI=1S/C30H23NO3/c1-2-34-30(33)22-15-17-23(18-16-22)31-29(32)21-13-11-20(12-14-21)19-28-26-9-5-3-7-24(26)25-8-4-6-10-27(25)28/h3-19H,2H2,1H3,(H,31,32). The predicted molar refractivity (Wildman–Crippen MR) is 136 cm³/mol.